The zero-order valence-corrected chi connectivity index (χ0v) is 12.0. The molecule has 1 fully saturated rings. The second-order valence-electron chi connectivity index (χ2n) is 5.19. The van der Waals surface area contributed by atoms with Gasteiger partial charge in [0.25, 0.3) is 11.6 Å². The molecule has 2 unspecified atom stereocenters. The predicted molar refractivity (Wildman–Crippen MR) is 80.3 cm³/mol. The Morgan fingerprint density at radius 2 is 2.24 bits per heavy atom. The number of hydrogen-bond donors (Lipinski definition) is 3. The highest BCUT2D eigenvalue weighted by Crippen LogP contribution is 2.29. The molecule has 1 aliphatic rings. The number of nitro benzene ring substituents is 1. The zero-order valence-electron chi connectivity index (χ0n) is 12.0. The number of nitrogens with one attached hydrogen (secondary N) is 2. The molecule has 2 atom stereocenters. The highest BCUT2D eigenvalue weighted by atomic mass is 16.6. The van der Waals surface area contributed by atoms with Crippen molar-refractivity contribution in [2.45, 2.75) is 38.3 Å². The molecule has 7 heteroatoms. The van der Waals surface area contributed by atoms with E-state index in [0.29, 0.717) is 12.2 Å². The highest BCUT2D eigenvalue weighted by Gasteiger charge is 2.26. The van der Waals surface area contributed by atoms with Crippen molar-refractivity contribution in [3.8, 4) is 0 Å². The van der Waals surface area contributed by atoms with Crippen molar-refractivity contribution in [2.24, 2.45) is 5.73 Å². The van der Waals surface area contributed by atoms with Gasteiger partial charge in [0, 0.05) is 30.3 Å². The summed E-state index contributed by atoms with van der Waals surface area (Å²) in [5.41, 5.74) is 6.57. The summed E-state index contributed by atoms with van der Waals surface area (Å²) in [7, 11) is 0. The number of anilines is 1. The molecule has 1 aromatic rings. The summed E-state index contributed by atoms with van der Waals surface area (Å²) in [5, 5.41) is 17.0. The third-order valence-electron chi connectivity index (χ3n) is 3.70. The van der Waals surface area contributed by atoms with Gasteiger partial charge in [-0.25, -0.2) is 0 Å². The monoisotopic (exact) mass is 292 g/mol. The van der Waals surface area contributed by atoms with Gasteiger partial charge in [-0.15, -0.1) is 0 Å². The maximum absolute atomic E-state index is 11.8. The Bertz CT molecular complexity index is 547. The van der Waals surface area contributed by atoms with E-state index in [4.69, 9.17) is 5.73 Å². The molecule has 0 heterocycles. The molecular weight excluding hydrogens is 272 g/mol. The molecule has 0 saturated heterocycles. The van der Waals surface area contributed by atoms with Crippen molar-refractivity contribution in [1.29, 1.82) is 0 Å². The summed E-state index contributed by atoms with van der Waals surface area (Å²) in [5.74, 6) is -0.315. The maximum Gasteiger partial charge on any atom is 0.293 e. The normalized spacial score (nSPS) is 21.0. The van der Waals surface area contributed by atoms with E-state index in [9.17, 15) is 14.9 Å². The molecule has 0 spiro atoms. The molecule has 0 aromatic heterocycles. The first-order chi connectivity index (χ1) is 10.0. The van der Waals surface area contributed by atoms with Gasteiger partial charge in [0.1, 0.15) is 5.69 Å². The van der Waals surface area contributed by atoms with Gasteiger partial charge in [-0.05, 0) is 38.3 Å². The minimum absolute atomic E-state index is 0.00710. The Morgan fingerprint density at radius 3 is 2.81 bits per heavy atom. The first-order valence-corrected chi connectivity index (χ1v) is 7.11. The molecule has 1 aromatic carbocycles. The fraction of sp³-hybridized carbons (Fsp3) is 0.500. The second-order valence-corrected chi connectivity index (χ2v) is 5.19. The van der Waals surface area contributed by atoms with Gasteiger partial charge in [0.2, 0.25) is 0 Å². The molecule has 0 radical (unpaired) electrons. The topological polar surface area (TPSA) is 110 Å². The molecule has 0 bridgehead atoms. The van der Waals surface area contributed by atoms with Crippen LogP contribution in [0.15, 0.2) is 18.2 Å². The van der Waals surface area contributed by atoms with Crippen LogP contribution >= 0.6 is 0 Å². The van der Waals surface area contributed by atoms with E-state index in [1.807, 2.05) is 0 Å². The Kier molecular flexibility index (Phi) is 4.74. The van der Waals surface area contributed by atoms with Crippen molar-refractivity contribution in [3.05, 3.63) is 33.9 Å². The number of amides is 1. The van der Waals surface area contributed by atoms with E-state index < -0.39 is 4.92 Å². The average Bonchev–Trinajstić information content (AvgIpc) is 2.84. The largest absolute Gasteiger partial charge is 0.375 e. The molecule has 1 aliphatic carbocycles. The standard InChI is InChI=1S/C14H20N4O3/c1-2-16-14(19)9-6-7-12(13(8-9)18(20)21)17-11-5-3-4-10(11)15/h6-8,10-11,17H,2-5,15H2,1H3,(H,16,19). The van der Waals surface area contributed by atoms with Gasteiger partial charge >= 0.3 is 0 Å². The van der Waals surface area contributed by atoms with E-state index in [0.717, 1.165) is 19.3 Å². The lowest BCUT2D eigenvalue weighted by molar-refractivity contribution is -0.384. The Hall–Kier alpha value is -2.15. The second kappa shape index (κ2) is 6.53. The molecule has 1 amide bonds. The third kappa shape index (κ3) is 3.49. The Balaban J connectivity index is 2.24. The summed E-state index contributed by atoms with van der Waals surface area (Å²) in [6.45, 7) is 2.27. The van der Waals surface area contributed by atoms with Crippen LogP contribution in [0.1, 0.15) is 36.5 Å². The molecule has 7 nitrogen and oxygen atoms in total. The van der Waals surface area contributed by atoms with E-state index in [1.54, 1.807) is 19.1 Å². The summed E-state index contributed by atoms with van der Waals surface area (Å²) < 4.78 is 0. The molecule has 2 rings (SSSR count). The Labute approximate surface area is 123 Å². The summed E-state index contributed by atoms with van der Waals surface area (Å²) in [6.07, 6.45) is 2.84. The number of nitrogens with zero attached hydrogens (tertiary/aromatic N) is 1. The quantitative estimate of drug-likeness (QED) is 0.564. The molecule has 1 saturated carbocycles. The number of rotatable bonds is 5. The predicted octanol–water partition coefficient (Wildman–Crippen LogP) is 1.64. The van der Waals surface area contributed by atoms with Crippen LogP contribution in [0, 0.1) is 10.1 Å². The summed E-state index contributed by atoms with van der Waals surface area (Å²) >= 11 is 0. The van der Waals surface area contributed by atoms with E-state index in [2.05, 4.69) is 10.6 Å². The van der Waals surface area contributed by atoms with Crippen molar-refractivity contribution in [1.82, 2.24) is 5.32 Å². The van der Waals surface area contributed by atoms with Gasteiger partial charge in [-0.3, -0.25) is 14.9 Å². The van der Waals surface area contributed by atoms with Crippen LogP contribution in [0.3, 0.4) is 0 Å². The molecule has 114 valence electrons. The summed E-state index contributed by atoms with van der Waals surface area (Å²) in [6, 6.07) is 4.51. The lowest BCUT2D eigenvalue weighted by Gasteiger charge is -2.18. The van der Waals surface area contributed by atoms with Gasteiger partial charge < -0.3 is 16.4 Å². The molecular formula is C14H20N4O3. The molecule has 4 N–H and O–H groups in total. The number of carbonyl (C=O) groups is 1. The van der Waals surface area contributed by atoms with Crippen LogP contribution in [0.4, 0.5) is 11.4 Å². The van der Waals surface area contributed by atoms with Crippen LogP contribution < -0.4 is 16.4 Å². The SMILES string of the molecule is CCNC(=O)c1ccc(NC2CCCC2N)c([N+](=O)[O-])c1. The van der Waals surface area contributed by atoms with Crippen LogP contribution in [0.5, 0.6) is 0 Å². The van der Waals surface area contributed by atoms with Gasteiger partial charge in [0.05, 0.1) is 4.92 Å². The van der Waals surface area contributed by atoms with E-state index in [1.165, 1.54) is 6.07 Å². The number of hydrogen-bond acceptors (Lipinski definition) is 5. The van der Waals surface area contributed by atoms with Crippen molar-refractivity contribution < 1.29 is 9.72 Å². The average molecular weight is 292 g/mol. The van der Waals surface area contributed by atoms with Gasteiger partial charge in [-0.2, -0.15) is 0 Å². The number of nitrogens with two attached hydrogens (primary N) is 1. The van der Waals surface area contributed by atoms with E-state index >= 15 is 0 Å². The van der Waals surface area contributed by atoms with Crippen LogP contribution in [0.2, 0.25) is 0 Å². The van der Waals surface area contributed by atoms with Gasteiger partial charge in [-0.1, -0.05) is 0 Å². The van der Waals surface area contributed by atoms with Crippen molar-refractivity contribution in [2.75, 3.05) is 11.9 Å². The minimum atomic E-state index is -0.481. The van der Waals surface area contributed by atoms with Crippen LogP contribution in [0.25, 0.3) is 0 Å². The zero-order chi connectivity index (χ0) is 15.4. The smallest absolute Gasteiger partial charge is 0.293 e. The first-order valence-electron chi connectivity index (χ1n) is 7.11. The fourth-order valence-corrected chi connectivity index (χ4v) is 2.58. The minimum Gasteiger partial charge on any atom is -0.375 e. The lowest BCUT2D eigenvalue weighted by Crippen LogP contribution is -2.35. The van der Waals surface area contributed by atoms with Crippen LogP contribution in [-0.2, 0) is 0 Å². The summed E-state index contributed by atoms with van der Waals surface area (Å²) in [4.78, 5) is 22.5. The maximum atomic E-state index is 11.8. The molecule has 0 aliphatic heterocycles. The highest BCUT2D eigenvalue weighted by molar-refractivity contribution is 5.95. The van der Waals surface area contributed by atoms with Crippen LogP contribution in [-0.4, -0.2) is 29.5 Å². The van der Waals surface area contributed by atoms with Gasteiger partial charge in [0.15, 0.2) is 0 Å². The Morgan fingerprint density at radius 1 is 1.48 bits per heavy atom. The fourth-order valence-electron chi connectivity index (χ4n) is 2.58. The number of carbonyl (C=O) groups excluding carboxylic acids is 1. The number of nitro groups is 1. The van der Waals surface area contributed by atoms with E-state index in [-0.39, 0.29) is 29.2 Å². The third-order valence-corrected chi connectivity index (χ3v) is 3.70. The van der Waals surface area contributed by atoms with Crippen molar-refractivity contribution in [3.63, 3.8) is 0 Å². The lowest BCUT2D eigenvalue weighted by atomic mass is 10.1. The number of benzene rings is 1. The molecule has 21 heavy (non-hydrogen) atoms. The van der Waals surface area contributed by atoms with Crippen molar-refractivity contribution >= 4 is 17.3 Å². The first kappa shape index (κ1) is 15.2.